The molecule has 0 fully saturated rings. The maximum absolute atomic E-state index is 9.42. The number of hydrogen-bond acceptors (Lipinski definition) is 3. The van der Waals surface area contributed by atoms with Gasteiger partial charge in [0.05, 0.1) is 0 Å². The monoisotopic (exact) mass is 239 g/mol. The van der Waals surface area contributed by atoms with Crippen LogP contribution in [0.15, 0.2) is 42.6 Å². The summed E-state index contributed by atoms with van der Waals surface area (Å²) in [5.74, 6) is 1.03. The van der Waals surface area contributed by atoms with Gasteiger partial charge in [0.15, 0.2) is 11.5 Å². The first-order chi connectivity index (χ1) is 8.70. The lowest BCUT2D eigenvalue weighted by Crippen LogP contribution is -1.92. The second kappa shape index (κ2) is 4.14. The van der Waals surface area contributed by atoms with Gasteiger partial charge in [-0.1, -0.05) is 18.2 Å². The Morgan fingerprint density at radius 1 is 1.22 bits per heavy atom. The predicted octanol–water partition coefficient (Wildman–Crippen LogP) is 2.33. The van der Waals surface area contributed by atoms with E-state index in [0.29, 0.717) is 6.42 Å². The number of phenolic OH excluding ortho intramolecular Hbond substituents is 1. The van der Waals surface area contributed by atoms with Crippen LogP contribution in [-0.4, -0.2) is 19.7 Å². The lowest BCUT2D eigenvalue weighted by molar-refractivity contribution is 0.474. The average Bonchev–Trinajstić information content (AvgIpc) is 2.70. The molecule has 2 aromatic heterocycles. The SMILES string of the molecule is Cc1ccc2nc(Cc3cccc(O)c3)nn2c1. The van der Waals surface area contributed by atoms with E-state index >= 15 is 0 Å². The minimum atomic E-state index is 0.270. The standard InChI is InChI=1S/C14H13N3O/c1-10-5-6-14-15-13(16-17(14)9-10)8-11-3-2-4-12(18)7-11/h2-7,9,18H,8H2,1H3. The van der Waals surface area contributed by atoms with Gasteiger partial charge in [0.1, 0.15) is 5.75 Å². The zero-order valence-electron chi connectivity index (χ0n) is 10.0. The van der Waals surface area contributed by atoms with E-state index < -0.39 is 0 Å². The largest absolute Gasteiger partial charge is 0.508 e. The van der Waals surface area contributed by atoms with Gasteiger partial charge in [-0.15, -0.1) is 0 Å². The molecular weight excluding hydrogens is 226 g/mol. The van der Waals surface area contributed by atoms with Crippen molar-refractivity contribution in [2.75, 3.05) is 0 Å². The number of nitrogens with zero attached hydrogens (tertiary/aromatic N) is 3. The molecule has 90 valence electrons. The normalized spacial score (nSPS) is 10.9. The van der Waals surface area contributed by atoms with Gasteiger partial charge >= 0.3 is 0 Å². The summed E-state index contributed by atoms with van der Waals surface area (Å²) >= 11 is 0. The molecule has 3 aromatic rings. The number of benzene rings is 1. The van der Waals surface area contributed by atoms with Crippen LogP contribution in [0.1, 0.15) is 17.0 Å². The molecule has 0 saturated carbocycles. The highest BCUT2D eigenvalue weighted by Crippen LogP contribution is 2.14. The van der Waals surface area contributed by atoms with Gasteiger partial charge in [0.2, 0.25) is 0 Å². The molecule has 1 aromatic carbocycles. The van der Waals surface area contributed by atoms with E-state index in [1.165, 1.54) is 0 Å². The van der Waals surface area contributed by atoms with Crippen molar-refractivity contribution in [1.82, 2.24) is 14.6 Å². The van der Waals surface area contributed by atoms with E-state index in [0.717, 1.165) is 22.6 Å². The molecule has 18 heavy (non-hydrogen) atoms. The summed E-state index contributed by atoms with van der Waals surface area (Å²) in [6.07, 6.45) is 2.57. The molecule has 0 unspecified atom stereocenters. The third kappa shape index (κ3) is 2.05. The van der Waals surface area contributed by atoms with E-state index in [1.807, 2.05) is 37.4 Å². The topological polar surface area (TPSA) is 50.4 Å². The Kier molecular flexibility index (Phi) is 2.48. The summed E-state index contributed by atoms with van der Waals surface area (Å²) in [7, 11) is 0. The molecule has 0 aliphatic carbocycles. The molecule has 4 nitrogen and oxygen atoms in total. The number of phenols is 1. The van der Waals surface area contributed by atoms with Crippen molar-refractivity contribution in [2.24, 2.45) is 0 Å². The van der Waals surface area contributed by atoms with Crippen molar-refractivity contribution in [3.63, 3.8) is 0 Å². The smallest absolute Gasteiger partial charge is 0.156 e. The van der Waals surface area contributed by atoms with Gasteiger partial charge in [-0.2, -0.15) is 5.10 Å². The Labute approximate surface area is 105 Å². The van der Waals surface area contributed by atoms with Crippen molar-refractivity contribution >= 4 is 5.65 Å². The van der Waals surface area contributed by atoms with Crippen molar-refractivity contribution in [3.8, 4) is 5.75 Å². The van der Waals surface area contributed by atoms with E-state index in [4.69, 9.17) is 0 Å². The average molecular weight is 239 g/mol. The fraction of sp³-hybridized carbons (Fsp3) is 0.143. The van der Waals surface area contributed by atoms with E-state index in [-0.39, 0.29) is 5.75 Å². The number of aryl methyl sites for hydroxylation is 1. The van der Waals surface area contributed by atoms with Crippen LogP contribution in [0.2, 0.25) is 0 Å². The van der Waals surface area contributed by atoms with Crippen LogP contribution in [0.25, 0.3) is 5.65 Å². The lowest BCUT2D eigenvalue weighted by Gasteiger charge is -1.97. The Morgan fingerprint density at radius 2 is 2.11 bits per heavy atom. The van der Waals surface area contributed by atoms with Crippen LogP contribution in [0.5, 0.6) is 5.75 Å². The minimum Gasteiger partial charge on any atom is -0.508 e. The van der Waals surface area contributed by atoms with E-state index in [2.05, 4.69) is 10.1 Å². The summed E-state index contributed by atoms with van der Waals surface area (Å²) in [5, 5.41) is 13.8. The molecule has 0 radical (unpaired) electrons. The van der Waals surface area contributed by atoms with Crippen molar-refractivity contribution in [2.45, 2.75) is 13.3 Å². The first-order valence-electron chi connectivity index (χ1n) is 5.80. The molecule has 1 N–H and O–H groups in total. The Balaban J connectivity index is 1.95. The highest BCUT2D eigenvalue weighted by molar-refractivity contribution is 5.39. The van der Waals surface area contributed by atoms with Gasteiger partial charge in [-0.3, -0.25) is 0 Å². The Morgan fingerprint density at radius 3 is 2.94 bits per heavy atom. The molecule has 0 aliphatic heterocycles. The van der Waals surface area contributed by atoms with Crippen molar-refractivity contribution in [3.05, 3.63) is 59.5 Å². The number of fused-ring (bicyclic) bond motifs is 1. The maximum Gasteiger partial charge on any atom is 0.156 e. The number of aromatic nitrogens is 3. The zero-order valence-corrected chi connectivity index (χ0v) is 10.0. The molecule has 0 saturated heterocycles. The third-order valence-electron chi connectivity index (χ3n) is 2.80. The van der Waals surface area contributed by atoms with Crippen LogP contribution < -0.4 is 0 Å². The molecule has 0 spiro atoms. The fourth-order valence-electron chi connectivity index (χ4n) is 1.96. The van der Waals surface area contributed by atoms with Gasteiger partial charge in [-0.05, 0) is 36.2 Å². The molecular formula is C14H13N3O. The summed E-state index contributed by atoms with van der Waals surface area (Å²) in [6.45, 7) is 2.02. The summed E-state index contributed by atoms with van der Waals surface area (Å²) in [5.41, 5.74) is 3.00. The molecule has 2 heterocycles. The molecule has 0 aliphatic rings. The number of aromatic hydroxyl groups is 1. The van der Waals surface area contributed by atoms with Crippen LogP contribution in [-0.2, 0) is 6.42 Å². The number of rotatable bonds is 2. The van der Waals surface area contributed by atoms with Gasteiger partial charge in [0, 0.05) is 12.6 Å². The highest BCUT2D eigenvalue weighted by Gasteiger charge is 2.05. The Bertz CT molecular complexity index is 703. The second-order valence-electron chi connectivity index (χ2n) is 4.38. The molecule has 0 bridgehead atoms. The quantitative estimate of drug-likeness (QED) is 0.746. The van der Waals surface area contributed by atoms with Gasteiger partial charge in [-0.25, -0.2) is 9.50 Å². The summed E-state index contributed by atoms with van der Waals surface area (Å²) in [4.78, 5) is 4.45. The van der Waals surface area contributed by atoms with Gasteiger partial charge < -0.3 is 5.11 Å². The Hall–Kier alpha value is -2.36. The predicted molar refractivity (Wildman–Crippen MR) is 68.6 cm³/mol. The van der Waals surface area contributed by atoms with E-state index in [1.54, 1.807) is 16.6 Å². The fourth-order valence-corrected chi connectivity index (χ4v) is 1.96. The van der Waals surface area contributed by atoms with Crippen LogP contribution in [0.3, 0.4) is 0 Å². The molecule has 3 rings (SSSR count). The lowest BCUT2D eigenvalue weighted by atomic mass is 10.1. The maximum atomic E-state index is 9.42. The second-order valence-corrected chi connectivity index (χ2v) is 4.38. The van der Waals surface area contributed by atoms with Crippen molar-refractivity contribution < 1.29 is 5.11 Å². The number of pyridine rings is 1. The molecule has 4 heteroatoms. The summed E-state index contributed by atoms with van der Waals surface area (Å²) in [6, 6.07) is 11.1. The third-order valence-corrected chi connectivity index (χ3v) is 2.80. The highest BCUT2D eigenvalue weighted by atomic mass is 16.3. The van der Waals surface area contributed by atoms with Crippen LogP contribution in [0.4, 0.5) is 0 Å². The zero-order chi connectivity index (χ0) is 12.5. The first-order valence-corrected chi connectivity index (χ1v) is 5.80. The first kappa shape index (κ1) is 10.8. The summed E-state index contributed by atoms with van der Waals surface area (Å²) < 4.78 is 1.79. The molecule has 0 amide bonds. The van der Waals surface area contributed by atoms with E-state index in [9.17, 15) is 5.11 Å². The van der Waals surface area contributed by atoms with Crippen LogP contribution >= 0.6 is 0 Å². The number of hydrogen-bond donors (Lipinski definition) is 1. The molecule has 0 atom stereocenters. The van der Waals surface area contributed by atoms with Gasteiger partial charge in [0.25, 0.3) is 0 Å². The van der Waals surface area contributed by atoms with Crippen molar-refractivity contribution in [1.29, 1.82) is 0 Å². The van der Waals surface area contributed by atoms with Crippen LogP contribution in [0, 0.1) is 6.92 Å². The minimum absolute atomic E-state index is 0.270.